The molecule has 196 valence electrons. The number of halogens is 1. The van der Waals surface area contributed by atoms with Crippen molar-refractivity contribution in [2.75, 3.05) is 10.8 Å². The third-order valence-corrected chi connectivity index (χ3v) is 8.28. The number of para-hydroxylation sites is 1. The first-order valence-electron chi connectivity index (χ1n) is 12.0. The van der Waals surface area contributed by atoms with Crippen molar-refractivity contribution in [1.29, 1.82) is 0 Å². The molecule has 1 amide bonds. The number of hydrogen-bond acceptors (Lipinski definition) is 4. The molecule has 0 saturated carbocycles. The lowest BCUT2D eigenvalue weighted by molar-refractivity contribution is -0.119. The molecule has 9 heteroatoms. The summed E-state index contributed by atoms with van der Waals surface area (Å²) in [4.78, 5) is 13.0. The smallest absolute Gasteiger partial charge is 0.264 e. The van der Waals surface area contributed by atoms with Crippen molar-refractivity contribution in [1.82, 2.24) is 9.99 Å². The minimum absolute atomic E-state index is 0.104. The van der Waals surface area contributed by atoms with Crippen molar-refractivity contribution in [2.24, 2.45) is 5.10 Å². The van der Waals surface area contributed by atoms with Gasteiger partial charge in [-0.2, -0.15) is 5.10 Å². The molecule has 0 atom stereocenters. The van der Waals surface area contributed by atoms with E-state index in [1.165, 1.54) is 18.3 Å². The van der Waals surface area contributed by atoms with Crippen LogP contribution in [0.5, 0.6) is 0 Å². The third-order valence-electron chi connectivity index (χ3n) is 6.17. The number of sulfonamides is 1. The minimum atomic E-state index is -3.99. The van der Waals surface area contributed by atoms with E-state index in [0.29, 0.717) is 10.7 Å². The van der Waals surface area contributed by atoms with E-state index in [0.717, 1.165) is 38.1 Å². The van der Waals surface area contributed by atoms with Gasteiger partial charge >= 0.3 is 0 Å². The summed E-state index contributed by atoms with van der Waals surface area (Å²) in [6, 6.07) is 23.0. The van der Waals surface area contributed by atoms with Crippen molar-refractivity contribution >= 4 is 39.4 Å². The van der Waals surface area contributed by atoms with E-state index in [4.69, 9.17) is 11.6 Å². The Kier molecular flexibility index (Phi) is 8.04. The predicted molar refractivity (Wildman–Crippen MR) is 153 cm³/mol. The second-order valence-electron chi connectivity index (χ2n) is 9.07. The Balaban J connectivity index is 1.56. The molecule has 0 radical (unpaired) electrons. The highest BCUT2D eigenvalue weighted by atomic mass is 35.5. The maximum Gasteiger partial charge on any atom is 0.264 e. The number of carbonyl (C=O) groups is 1. The number of anilines is 1. The number of rotatable bonds is 8. The highest BCUT2D eigenvalue weighted by molar-refractivity contribution is 7.92. The molecule has 0 unspecified atom stereocenters. The van der Waals surface area contributed by atoms with Crippen LogP contribution in [0.25, 0.3) is 5.69 Å². The average Bonchev–Trinajstić information content (AvgIpc) is 3.16. The lowest BCUT2D eigenvalue weighted by Crippen LogP contribution is -2.39. The zero-order chi connectivity index (χ0) is 27.4. The molecule has 7 nitrogen and oxygen atoms in total. The van der Waals surface area contributed by atoms with Crippen molar-refractivity contribution < 1.29 is 13.2 Å². The van der Waals surface area contributed by atoms with Crippen LogP contribution in [0.2, 0.25) is 5.02 Å². The first-order valence-corrected chi connectivity index (χ1v) is 13.8. The summed E-state index contributed by atoms with van der Waals surface area (Å²) >= 11 is 6.39. The van der Waals surface area contributed by atoms with Gasteiger partial charge in [-0.1, -0.05) is 59.1 Å². The van der Waals surface area contributed by atoms with E-state index < -0.39 is 22.5 Å². The quantitative estimate of drug-likeness (QED) is 0.226. The van der Waals surface area contributed by atoms with Crippen molar-refractivity contribution in [3.8, 4) is 5.69 Å². The van der Waals surface area contributed by atoms with E-state index in [9.17, 15) is 13.2 Å². The molecule has 0 aliphatic rings. The van der Waals surface area contributed by atoms with Crippen LogP contribution in [0.4, 0.5) is 5.69 Å². The lowest BCUT2D eigenvalue weighted by Gasteiger charge is -2.24. The summed E-state index contributed by atoms with van der Waals surface area (Å²) in [5, 5.41) is 4.73. The van der Waals surface area contributed by atoms with Gasteiger partial charge in [-0.15, -0.1) is 0 Å². The Hall–Kier alpha value is -3.88. The topological polar surface area (TPSA) is 83.8 Å². The van der Waals surface area contributed by atoms with Crippen LogP contribution >= 0.6 is 11.6 Å². The fourth-order valence-corrected chi connectivity index (χ4v) is 5.77. The number of nitrogens with one attached hydrogen (secondary N) is 1. The zero-order valence-electron chi connectivity index (χ0n) is 21.6. The molecule has 1 N–H and O–H groups in total. The molecular formula is C29H29ClN4O3S. The Morgan fingerprint density at radius 2 is 1.55 bits per heavy atom. The van der Waals surface area contributed by atoms with Crippen LogP contribution in [0.1, 0.15) is 28.1 Å². The maximum atomic E-state index is 13.5. The first kappa shape index (κ1) is 27.2. The molecule has 0 aliphatic heterocycles. The van der Waals surface area contributed by atoms with Crippen LogP contribution < -0.4 is 9.73 Å². The molecule has 0 saturated heterocycles. The highest BCUT2D eigenvalue weighted by Crippen LogP contribution is 2.26. The van der Waals surface area contributed by atoms with E-state index >= 15 is 0 Å². The molecule has 1 aromatic heterocycles. The zero-order valence-corrected chi connectivity index (χ0v) is 23.2. The van der Waals surface area contributed by atoms with Crippen LogP contribution in [-0.2, 0) is 14.8 Å². The highest BCUT2D eigenvalue weighted by Gasteiger charge is 2.27. The van der Waals surface area contributed by atoms with Crippen molar-refractivity contribution in [2.45, 2.75) is 32.6 Å². The molecule has 4 rings (SSSR count). The van der Waals surface area contributed by atoms with Gasteiger partial charge in [0, 0.05) is 17.0 Å². The lowest BCUT2D eigenvalue weighted by atomic mass is 10.2. The number of aryl methyl sites for hydroxylation is 3. The van der Waals surface area contributed by atoms with Crippen molar-refractivity contribution in [3.63, 3.8) is 0 Å². The molecule has 4 aromatic rings. The molecule has 38 heavy (non-hydrogen) atoms. The molecular weight excluding hydrogens is 520 g/mol. The van der Waals surface area contributed by atoms with E-state index in [1.807, 2.05) is 62.6 Å². The summed E-state index contributed by atoms with van der Waals surface area (Å²) < 4.78 is 30.1. The molecule has 0 fully saturated rings. The summed E-state index contributed by atoms with van der Waals surface area (Å²) in [5.41, 5.74) is 8.28. The van der Waals surface area contributed by atoms with Gasteiger partial charge in [-0.05, 0) is 70.2 Å². The standard InChI is InChI=1S/C29H29ClN4O3S/c1-20-9-13-25(14-10-20)33(38(36,37)26-15-11-21(2)12-16-26)19-29(35)32-31-18-24-17-22(3)34(23(24)4)28-8-6-5-7-27(28)30/h5-18H,19H2,1-4H3,(H,32,35)/b31-18+. The molecule has 1 heterocycles. The van der Waals surface area contributed by atoms with Crippen LogP contribution in [0, 0.1) is 27.7 Å². The Morgan fingerprint density at radius 3 is 2.18 bits per heavy atom. The van der Waals surface area contributed by atoms with Gasteiger partial charge in [0.05, 0.1) is 27.5 Å². The number of benzene rings is 3. The van der Waals surface area contributed by atoms with E-state index in [-0.39, 0.29) is 4.90 Å². The normalized spacial score (nSPS) is 11.6. The second-order valence-corrected chi connectivity index (χ2v) is 11.3. The molecule has 0 bridgehead atoms. The van der Waals surface area contributed by atoms with Gasteiger partial charge in [0.1, 0.15) is 6.54 Å². The maximum absolute atomic E-state index is 13.5. The number of hydrogen-bond donors (Lipinski definition) is 1. The monoisotopic (exact) mass is 548 g/mol. The van der Waals surface area contributed by atoms with Gasteiger partial charge in [0.2, 0.25) is 0 Å². The number of amides is 1. The first-order chi connectivity index (χ1) is 18.1. The predicted octanol–water partition coefficient (Wildman–Crippen LogP) is 5.71. The van der Waals surface area contributed by atoms with Crippen LogP contribution in [0.15, 0.2) is 88.9 Å². The van der Waals surface area contributed by atoms with Gasteiger partial charge in [-0.25, -0.2) is 13.8 Å². The van der Waals surface area contributed by atoms with Crippen LogP contribution in [-0.4, -0.2) is 31.7 Å². The number of hydrazone groups is 1. The average molecular weight is 549 g/mol. The summed E-state index contributed by atoms with van der Waals surface area (Å²) in [7, 11) is -3.99. The van der Waals surface area contributed by atoms with Gasteiger partial charge < -0.3 is 4.57 Å². The number of aromatic nitrogens is 1. The SMILES string of the molecule is Cc1ccc(N(CC(=O)N/N=C/c2cc(C)n(-c3ccccc3Cl)c2C)S(=O)(=O)c2ccc(C)cc2)cc1. The third kappa shape index (κ3) is 5.82. The summed E-state index contributed by atoms with van der Waals surface area (Å²) in [6.07, 6.45) is 1.54. The summed E-state index contributed by atoms with van der Waals surface area (Å²) in [5.74, 6) is -0.572. The Labute approximate surface area is 228 Å². The molecule has 0 aliphatic carbocycles. The van der Waals surface area contributed by atoms with Crippen LogP contribution in [0.3, 0.4) is 0 Å². The minimum Gasteiger partial charge on any atom is -0.316 e. The summed E-state index contributed by atoms with van der Waals surface area (Å²) in [6.45, 7) is 7.25. The second kappa shape index (κ2) is 11.2. The Morgan fingerprint density at radius 1 is 0.947 bits per heavy atom. The van der Waals surface area contributed by atoms with Gasteiger partial charge in [0.25, 0.3) is 15.9 Å². The largest absolute Gasteiger partial charge is 0.316 e. The number of carbonyl (C=O) groups excluding carboxylic acids is 1. The van der Waals surface area contributed by atoms with E-state index in [1.54, 1.807) is 36.4 Å². The van der Waals surface area contributed by atoms with Gasteiger partial charge in [0.15, 0.2) is 0 Å². The molecule has 3 aromatic carbocycles. The fraction of sp³-hybridized carbons (Fsp3) is 0.172. The van der Waals surface area contributed by atoms with Gasteiger partial charge in [-0.3, -0.25) is 9.10 Å². The number of nitrogens with zero attached hydrogens (tertiary/aromatic N) is 3. The van der Waals surface area contributed by atoms with Crippen molar-refractivity contribution in [3.05, 3.63) is 112 Å². The molecule has 0 spiro atoms. The fourth-order valence-electron chi connectivity index (χ4n) is 4.13. The Bertz CT molecular complexity index is 1590. The van der Waals surface area contributed by atoms with E-state index in [2.05, 4.69) is 10.5 Å².